The summed E-state index contributed by atoms with van der Waals surface area (Å²) in [7, 11) is -3.82. The highest BCUT2D eigenvalue weighted by molar-refractivity contribution is 7.89. The molecule has 1 saturated heterocycles. The lowest BCUT2D eigenvalue weighted by Gasteiger charge is -2.35. The highest BCUT2D eigenvalue weighted by Crippen LogP contribution is 2.28. The van der Waals surface area contributed by atoms with Gasteiger partial charge in [-0.25, -0.2) is 17.8 Å². The first-order chi connectivity index (χ1) is 8.43. The van der Waals surface area contributed by atoms with Crippen LogP contribution in [0.15, 0.2) is 23.4 Å². The first kappa shape index (κ1) is 13.4. The number of halogens is 1. The van der Waals surface area contributed by atoms with Crippen LogP contribution in [-0.4, -0.2) is 30.3 Å². The minimum Gasteiger partial charge on any atom is -0.241 e. The molecule has 1 fully saturated rings. The van der Waals surface area contributed by atoms with E-state index in [1.165, 1.54) is 16.6 Å². The van der Waals surface area contributed by atoms with Crippen molar-refractivity contribution >= 4 is 10.0 Å². The van der Waals surface area contributed by atoms with Crippen molar-refractivity contribution in [2.75, 3.05) is 6.54 Å². The van der Waals surface area contributed by atoms with Crippen LogP contribution >= 0.6 is 0 Å². The van der Waals surface area contributed by atoms with Gasteiger partial charge in [-0.15, -0.1) is 0 Å². The van der Waals surface area contributed by atoms with Crippen LogP contribution in [0.3, 0.4) is 0 Å². The first-order valence-corrected chi connectivity index (χ1v) is 7.49. The van der Waals surface area contributed by atoms with Crippen molar-refractivity contribution in [3.8, 4) is 0 Å². The highest BCUT2D eigenvalue weighted by Gasteiger charge is 2.35. The number of nitrogens with zero attached hydrogens (tertiary/aromatic N) is 2. The smallest absolute Gasteiger partial charge is 0.241 e. The number of rotatable bonds is 2. The average Bonchev–Trinajstić information content (AvgIpc) is 2.28. The van der Waals surface area contributed by atoms with Crippen molar-refractivity contribution in [1.82, 2.24) is 9.29 Å². The third-order valence-electron chi connectivity index (χ3n) is 3.36. The summed E-state index contributed by atoms with van der Waals surface area (Å²) in [6.07, 6.45) is 2.90. The molecule has 0 bridgehead atoms. The third-order valence-corrected chi connectivity index (χ3v) is 5.30. The van der Waals surface area contributed by atoms with E-state index in [1.807, 2.05) is 6.92 Å². The van der Waals surface area contributed by atoms with Gasteiger partial charge in [0.25, 0.3) is 10.0 Å². The maximum atomic E-state index is 13.6. The molecule has 1 aliphatic heterocycles. The fourth-order valence-electron chi connectivity index (χ4n) is 2.41. The summed E-state index contributed by atoms with van der Waals surface area (Å²) in [5.41, 5.74) is 0. The Morgan fingerprint density at radius 2 is 2.17 bits per heavy atom. The summed E-state index contributed by atoms with van der Waals surface area (Å²) in [6.45, 7) is 4.39. The minimum atomic E-state index is -3.82. The van der Waals surface area contributed by atoms with Crippen molar-refractivity contribution in [2.45, 2.75) is 37.8 Å². The van der Waals surface area contributed by atoms with E-state index in [0.29, 0.717) is 12.5 Å². The lowest BCUT2D eigenvalue weighted by molar-refractivity contribution is 0.219. The van der Waals surface area contributed by atoms with Crippen LogP contribution in [-0.2, 0) is 10.0 Å². The molecule has 2 unspecified atom stereocenters. The van der Waals surface area contributed by atoms with Crippen molar-refractivity contribution in [1.29, 1.82) is 0 Å². The van der Waals surface area contributed by atoms with E-state index in [0.717, 1.165) is 18.9 Å². The number of aromatic nitrogens is 1. The monoisotopic (exact) mass is 272 g/mol. The zero-order valence-electron chi connectivity index (χ0n) is 10.5. The quantitative estimate of drug-likeness (QED) is 0.827. The molecular weight excluding hydrogens is 255 g/mol. The molecule has 0 saturated carbocycles. The van der Waals surface area contributed by atoms with Crippen LogP contribution in [0.25, 0.3) is 0 Å². The highest BCUT2D eigenvalue weighted by atomic mass is 32.2. The predicted molar refractivity (Wildman–Crippen MR) is 65.9 cm³/mol. The third kappa shape index (κ3) is 2.40. The van der Waals surface area contributed by atoms with E-state index in [2.05, 4.69) is 11.9 Å². The Kier molecular flexibility index (Phi) is 3.68. The molecule has 2 rings (SSSR count). The van der Waals surface area contributed by atoms with Crippen LogP contribution in [0.1, 0.15) is 26.7 Å². The molecular formula is C12H17FN2O2S. The Bertz CT molecular complexity index is 533. The van der Waals surface area contributed by atoms with Gasteiger partial charge in [0.2, 0.25) is 5.03 Å². The number of pyridine rings is 1. The number of sulfonamides is 1. The van der Waals surface area contributed by atoms with Gasteiger partial charge in [0.05, 0.1) is 0 Å². The van der Waals surface area contributed by atoms with Crippen molar-refractivity contribution in [2.24, 2.45) is 5.92 Å². The lowest BCUT2D eigenvalue weighted by atomic mass is 9.95. The van der Waals surface area contributed by atoms with Gasteiger partial charge in [0.1, 0.15) is 0 Å². The summed E-state index contributed by atoms with van der Waals surface area (Å²) >= 11 is 0. The number of hydrogen-bond donors (Lipinski definition) is 0. The molecule has 2 heterocycles. The van der Waals surface area contributed by atoms with Crippen LogP contribution in [0.4, 0.5) is 4.39 Å². The molecule has 1 aromatic heterocycles. The number of hydrogen-bond acceptors (Lipinski definition) is 3. The van der Waals surface area contributed by atoms with Gasteiger partial charge >= 0.3 is 0 Å². The molecule has 2 atom stereocenters. The molecule has 0 spiro atoms. The molecule has 18 heavy (non-hydrogen) atoms. The standard InChI is InChI=1S/C12H17FN2O2S/c1-9-5-7-15(10(2)8-9)18(16,17)12-11(13)4-3-6-14-12/h3-4,6,9-10H,5,7-8H2,1-2H3. The molecule has 0 aliphatic carbocycles. The van der Waals surface area contributed by atoms with Crippen LogP contribution in [0, 0.1) is 11.7 Å². The molecule has 6 heteroatoms. The van der Waals surface area contributed by atoms with E-state index in [4.69, 9.17) is 0 Å². The van der Waals surface area contributed by atoms with Gasteiger partial charge in [-0.3, -0.25) is 0 Å². The molecule has 0 radical (unpaired) electrons. The van der Waals surface area contributed by atoms with Gasteiger partial charge in [-0.2, -0.15) is 4.31 Å². The van der Waals surface area contributed by atoms with Gasteiger partial charge in [0.15, 0.2) is 5.82 Å². The zero-order valence-corrected chi connectivity index (χ0v) is 11.3. The maximum absolute atomic E-state index is 13.6. The fourth-order valence-corrected chi connectivity index (χ4v) is 4.05. The first-order valence-electron chi connectivity index (χ1n) is 6.05. The Hall–Kier alpha value is -1.01. The fraction of sp³-hybridized carbons (Fsp3) is 0.583. The van der Waals surface area contributed by atoms with Crippen molar-refractivity contribution in [3.05, 3.63) is 24.1 Å². The topological polar surface area (TPSA) is 50.3 Å². The summed E-state index contributed by atoms with van der Waals surface area (Å²) in [4.78, 5) is 3.67. The van der Waals surface area contributed by atoms with E-state index in [-0.39, 0.29) is 6.04 Å². The van der Waals surface area contributed by atoms with Gasteiger partial charge in [-0.1, -0.05) is 6.92 Å². The normalized spacial score (nSPS) is 26.2. The van der Waals surface area contributed by atoms with Crippen molar-refractivity contribution in [3.63, 3.8) is 0 Å². The zero-order chi connectivity index (χ0) is 13.3. The molecule has 0 N–H and O–H groups in total. The molecule has 1 aromatic rings. The molecule has 0 aromatic carbocycles. The van der Waals surface area contributed by atoms with E-state index in [1.54, 1.807) is 0 Å². The SMILES string of the molecule is CC1CCN(S(=O)(=O)c2ncccc2F)C(C)C1. The van der Waals surface area contributed by atoms with Crippen LogP contribution < -0.4 is 0 Å². The van der Waals surface area contributed by atoms with Crippen LogP contribution in [0.2, 0.25) is 0 Å². The largest absolute Gasteiger partial charge is 0.263 e. The second-order valence-electron chi connectivity index (χ2n) is 4.88. The Balaban J connectivity index is 2.35. The van der Waals surface area contributed by atoms with E-state index >= 15 is 0 Å². The van der Waals surface area contributed by atoms with E-state index < -0.39 is 20.9 Å². The number of piperidine rings is 1. The molecule has 4 nitrogen and oxygen atoms in total. The van der Waals surface area contributed by atoms with Crippen molar-refractivity contribution < 1.29 is 12.8 Å². The van der Waals surface area contributed by atoms with Crippen LogP contribution in [0.5, 0.6) is 0 Å². The van der Waals surface area contributed by atoms with Gasteiger partial charge in [-0.05, 0) is 37.8 Å². The molecule has 1 aliphatic rings. The average molecular weight is 272 g/mol. The summed E-state index contributed by atoms with van der Waals surface area (Å²) in [6, 6.07) is 2.40. The lowest BCUT2D eigenvalue weighted by Crippen LogP contribution is -2.44. The Morgan fingerprint density at radius 1 is 1.44 bits per heavy atom. The summed E-state index contributed by atoms with van der Waals surface area (Å²) in [5.74, 6) is -0.289. The molecule has 0 amide bonds. The minimum absolute atomic E-state index is 0.111. The Labute approximate surface area is 107 Å². The van der Waals surface area contributed by atoms with Gasteiger partial charge in [0, 0.05) is 18.8 Å². The Morgan fingerprint density at radius 3 is 2.78 bits per heavy atom. The maximum Gasteiger partial charge on any atom is 0.263 e. The molecule has 100 valence electrons. The second-order valence-corrected chi connectivity index (χ2v) is 6.69. The van der Waals surface area contributed by atoms with E-state index in [9.17, 15) is 12.8 Å². The summed E-state index contributed by atoms with van der Waals surface area (Å²) < 4.78 is 39.6. The summed E-state index contributed by atoms with van der Waals surface area (Å²) in [5, 5.41) is -0.466. The predicted octanol–water partition coefficient (Wildman–Crippen LogP) is 2.03. The second kappa shape index (κ2) is 4.93. The van der Waals surface area contributed by atoms with Gasteiger partial charge < -0.3 is 0 Å².